The third-order valence-electron chi connectivity index (χ3n) is 3.97. The first-order valence-electron chi connectivity index (χ1n) is 10.1. The van der Waals surface area contributed by atoms with E-state index in [1.54, 1.807) is 19.4 Å². The van der Waals surface area contributed by atoms with Gasteiger partial charge in [0.1, 0.15) is 19.0 Å². The van der Waals surface area contributed by atoms with Crippen LogP contribution in [0.1, 0.15) is 33.5 Å². The number of nitrogens with one attached hydrogen (secondary N) is 1. The average Bonchev–Trinajstić information content (AvgIpc) is 3.19. The first kappa shape index (κ1) is 23.3. The summed E-state index contributed by atoms with van der Waals surface area (Å²) in [5.74, 6) is 2.05. The van der Waals surface area contributed by atoms with Crippen molar-refractivity contribution in [2.75, 3.05) is 20.3 Å². The fourth-order valence-corrected chi connectivity index (χ4v) is 2.59. The molecule has 0 saturated heterocycles. The number of ether oxygens (including phenoxy) is 3. The normalized spacial score (nSPS) is 10.6. The van der Waals surface area contributed by atoms with Gasteiger partial charge in [-0.05, 0) is 44.2 Å². The van der Waals surface area contributed by atoms with Crippen LogP contribution in [0.5, 0.6) is 5.75 Å². The maximum atomic E-state index is 11.4. The third kappa shape index (κ3) is 6.27. The van der Waals surface area contributed by atoms with Crippen molar-refractivity contribution < 1.29 is 14.2 Å². The van der Waals surface area contributed by atoms with Gasteiger partial charge in [-0.3, -0.25) is 9.36 Å². The zero-order chi connectivity index (χ0) is 21.9. The van der Waals surface area contributed by atoms with E-state index in [1.807, 2.05) is 56.5 Å². The summed E-state index contributed by atoms with van der Waals surface area (Å²) in [6, 6.07) is 10.8. The Hall–Kier alpha value is -2.97. The molecule has 0 unspecified atom stereocenters. The number of methoxy groups -OCH3 is 1. The molecule has 0 fully saturated rings. The lowest BCUT2D eigenvalue weighted by Crippen LogP contribution is -2.11. The van der Waals surface area contributed by atoms with Gasteiger partial charge in [-0.2, -0.15) is 0 Å². The van der Waals surface area contributed by atoms with Gasteiger partial charge in [-0.1, -0.05) is 13.8 Å². The van der Waals surface area contributed by atoms with Crippen LogP contribution in [0.2, 0.25) is 0 Å². The second-order valence-electron chi connectivity index (χ2n) is 6.41. The van der Waals surface area contributed by atoms with E-state index in [4.69, 9.17) is 14.2 Å². The lowest BCUT2D eigenvalue weighted by atomic mass is 10.2. The minimum absolute atomic E-state index is 0.0627. The van der Waals surface area contributed by atoms with Gasteiger partial charge in [0.2, 0.25) is 5.56 Å². The summed E-state index contributed by atoms with van der Waals surface area (Å²) in [6.45, 7) is 9.25. The number of aromatic nitrogens is 4. The highest BCUT2D eigenvalue weighted by atomic mass is 16.5. The van der Waals surface area contributed by atoms with Crippen LogP contribution in [0.15, 0.2) is 47.4 Å². The number of hydrogen-bond donors (Lipinski definition) is 1. The predicted molar refractivity (Wildman–Crippen MR) is 116 cm³/mol. The Morgan fingerprint density at radius 2 is 1.77 bits per heavy atom. The quantitative estimate of drug-likeness (QED) is 0.538. The highest BCUT2D eigenvalue weighted by molar-refractivity contribution is 5.59. The zero-order valence-electron chi connectivity index (χ0n) is 18.2. The molecule has 0 bridgehead atoms. The summed E-state index contributed by atoms with van der Waals surface area (Å²) in [7, 11) is 1.64. The highest BCUT2D eigenvalue weighted by Gasteiger charge is 2.16. The fourth-order valence-electron chi connectivity index (χ4n) is 2.59. The monoisotopic (exact) mass is 414 g/mol. The van der Waals surface area contributed by atoms with Crippen LogP contribution in [-0.2, 0) is 16.1 Å². The van der Waals surface area contributed by atoms with Gasteiger partial charge >= 0.3 is 0 Å². The Morgan fingerprint density at radius 1 is 1.03 bits per heavy atom. The van der Waals surface area contributed by atoms with Crippen LogP contribution < -0.4 is 10.3 Å². The van der Waals surface area contributed by atoms with E-state index in [0.29, 0.717) is 31.5 Å². The van der Waals surface area contributed by atoms with Crippen molar-refractivity contribution in [2.45, 2.75) is 40.4 Å². The third-order valence-corrected chi connectivity index (χ3v) is 3.97. The largest absolute Gasteiger partial charge is 0.491 e. The second kappa shape index (κ2) is 11.9. The Morgan fingerprint density at radius 3 is 2.37 bits per heavy atom. The Balaban J connectivity index is 0.00000155. The first-order chi connectivity index (χ1) is 14.6. The molecule has 0 amide bonds. The summed E-state index contributed by atoms with van der Waals surface area (Å²) in [6.07, 6.45) is 1.70. The summed E-state index contributed by atoms with van der Waals surface area (Å²) in [5.41, 5.74) is 1.45. The number of nitrogens with zero attached hydrogens (tertiary/aromatic N) is 3. The van der Waals surface area contributed by atoms with E-state index in [-0.39, 0.29) is 11.7 Å². The van der Waals surface area contributed by atoms with Gasteiger partial charge in [0, 0.05) is 24.9 Å². The molecule has 3 aromatic rings. The number of rotatable bonds is 9. The predicted octanol–water partition coefficient (Wildman–Crippen LogP) is 3.60. The number of hydrogen-bond acceptors (Lipinski definition) is 6. The molecule has 0 aliphatic heterocycles. The van der Waals surface area contributed by atoms with Gasteiger partial charge < -0.3 is 19.2 Å². The van der Waals surface area contributed by atoms with Crippen molar-refractivity contribution in [3.63, 3.8) is 0 Å². The van der Waals surface area contributed by atoms with Crippen molar-refractivity contribution in [3.05, 3.63) is 58.8 Å². The SMILES string of the molecule is CC.COCCOc1ccc(-c2nnc(COC(C)C)n2-c2ccc(=O)[nH]c2)cc1. The summed E-state index contributed by atoms with van der Waals surface area (Å²) in [5, 5.41) is 8.64. The molecule has 0 atom stereocenters. The molecule has 2 heterocycles. The van der Waals surface area contributed by atoms with Crippen molar-refractivity contribution in [1.29, 1.82) is 0 Å². The van der Waals surface area contributed by atoms with Crippen LogP contribution >= 0.6 is 0 Å². The van der Waals surface area contributed by atoms with E-state index in [0.717, 1.165) is 17.0 Å². The van der Waals surface area contributed by atoms with Crippen LogP contribution in [0.3, 0.4) is 0 Å². The molecule has 30 heavy (non-hydrogen) atoms. The molecule has 2 aromatic heterocycles. The standard InChI is InChI=1S/C20H24N4O4.C2H6/c1-14(2)28-13-18-22-23-20(24(18)16-6-9-19(25)21-12-16)15-4-7-17(8-5-15)27-11-10-26-3;1-2/h4-9,12,14H,10-11,13H2,1-3H3,(H,21,25);1-2H3. The minimum Gasteiger partial charge on any atom is -0.491 e. The topological polar surface area (TPSA) is 91.3 Å². The molecule has 0 aliphatic carbocycles. The molecule has 0 aliphatic rings. The molecular formula is C22H30N4O4. The van der Waals surface area contributed by atoms with Crippen molar-refractivity contribution >= 4 is 0 Å². The van der Waals surface area contributed by atoms with Crippen LogP contribution in [0, 0.1) is 0 Å². The van der Waals surface area contributed by atoms with E-state index < -0.39 is 0 Å². The zero-order valence-corrected chi connectivity index (χ0v) is 18.2. The smallest absolute Gasteiger partial charge is 0.248 e. The van der Waals surface area contributed by atoms with Gasteiger partial charge in [-0.25, -0.2) is 0 Å². The van der Waals surface area contributed by atoms with E-state index in [1.165, 1.54) is 6.07 Å². The molecule has 0 saturated carbocycles. The fraction of sp³-hybridized carbons (Fsp3) is 0.409. The van der Waals surface area contributed by atoms with Crippen molar-refractivity contribution in [3.8, 4) is 22.8 Å². The van der Waals surface area contributed by atoms with Crippen molar-refractivity contribution in [1.82, 2.24) is 19.7 Å². The number of benzene rings is 1. The van der Waals surface area contributed by atoms with Crippen LogP contribution in [-0.4, -0.2) is 46.2 Å². The first-order valence-corrected chi connectivity index (χ1v) is 10.1. The average molecular weight is 415 g/mol. The van der Waals surface area contributed by atoms with Gasteiger partial charge in [0.15, 0.2) is 11.6 Å². The maximum Gasteiger partial charge on any atom is 0.248 e. The molecule has 162 valence electrons. The number of H-pyrrole nitrogens is 1. The summed E-state index contributed by atoms with van der Waals surface area (Å²) < 4.78 is 18.2. The molecule has 1 aromatic carbocycles. The van der Waals surface area contributed by atoms with Gasteiger partial charge in [0.05, 0.1) is 18.4 Å². The van der Waals surface area contributed by atoms with E-state index in [9.17, 15) is 4.79 Å². The van der Waals surface area contributed by atoms with Gasteiger partial charge in [-0.15, -0.1) is 10.2 Å². The Bertz CT molecular complexity index is 928. The molecule has 3 rings (SSSR count). The van der Waals surface area contributed by atoms with Crippen molar-refractivity contribution in [2.24, 2.45) is 0 Å². The highest BCUT2D eigenvalue weighted by Crippen LogP contribution is 2.25. The van der Waals surface area contributed by atoms with Crippen LogP contribution in [0.4, 0.5) is 0 Å². The maximum absolute atomic E-state index is 11.4. The molecule has 0 spiro atoms. The minimum atomic E-state index is -0.170. The van der Waals surface area contributed by atoms with E-state index >= 15 is 0 Å². The second-order valence-corrected chi connectivity index (χ2v) is 6.41. The summed E-state index contributed by atoms with van der Waals surface area (Å²) >= 11 is 0. The molecule has 0 radical (unpaired) electrons. The molecule has 8 nitrogen and oxygen atoms in total. The molecule has 1 N–H and O–H groups in total. The molecule has 8 heteroatoms. The molecular weight excluding hydrogens is 384 g/mol. The van der Waals surface area contributed by atoms with Gasteiger partial charge in [0.25, 0.3) is 0 Å². The summed E-state index contributed by atoms with van der Waals surface area (Å²) in [4.78, 5) is 14.1. The Kier molecular flexibility index (Phi) is 9.24. The van der Waals surface area contributed by atoms with Crippen LogP contribution in [0.25, 0.3) is 17.1 Å². The Labute approximate surface area is 176 Å². The lowest BCUT2D eigenvalue weighted by molar-refractivity contribution is 0.0604. The number of pyridine rings is 1. The lowest BCUT2D eigenvalue weighted by Gasteiger charge is -2.12. The van der Waals surface area contributed by atoms with E-state index in [2.05, 4.69) is 15.2 Å². The number of aromatic amines is 1.